The zero-order valence-corrected chi connectivity index (χ0v) is 15.7. The molecule has 8 heteroatoms. The first-order valence-corrected chi connectivity index (χ1v) is 8.14. The van der Waals surface area contributed by atoms with E-state index >= 15 is 0 Å². The van der Waals surface area contributed by atoms with Crippen molar-refractivity contribution in [3.63, 3.8) is 0 Å². The molecule has 0 amide bonds. The quantitative estimate of drug-likeness (QED) is 0.424. The Morgan fingerprint density at radius 1 is 0.714 bits per heavy atom. The number of methoxy groups -OCH3 is 1. The van der Waals surface area contributed by atoms with E-state index in [1.807, 2.05) is 0 Å². The monoisotopic (exact) mass is 386 g/mol. The van der Waals surface area contributed by atoms with Gasteiger partial charge in [-0.25, -0.2) is 0 Å². The molecule has 0 atom stereocenters. The second-order valence-corrected chi connectivity index (χ2v) is 5.60. The Labute approximate surface area is 161 Å². The van der Waals surface area contributed by atoms with E-state index < -0.39 is 23.7 Å². The van der Waals surface area contributed by atoms with E-state index in [0.29, 0.717) is 0 Å². The molecule has 0 saturated heterocycles. The standard InChI is InChI=1S/C20H18O8/c1-11(21)26-16-8-6-5-7-15(16)20(24)19-17(27-12(2)22)9-14(25-4)10-18(19)28-13(3)23/h5-10H,1-4H3. The lowest BCUT2D eigenvalue weighted by molar-refractivity contribution is -0.133. The number of ketones is 1. The summed E-state index contributed by atoms with van der Waals surface area (Å²) in [4.78, 5) is 47.6. The summed E-state index contributed by atoms with van der Waals surface area (Å²) in [6, 6.07) is 8.66. The average Bonchev–Trinajstić information content (AvgIpc) is 2.59. The van der Waals surface area contributed by atoms with Gasteiger partial charge in [0.15, 0.2) is 0 Å². The van der Waals surface area contributed by atoms with Crippen LogP contribution in [0.3, 0.4) is 0 Å². The van der Waals surface area contributed by atoms with Gasteiger partial charge in [0.2, 0.25) is 5.78 Å². The molecule has 2 aromatic carbocycles. The third kappa shape index (κ3) is 4.94. The van der Waals surface area contributed by atoms with Crippen LogP contribution in [0.2, 0.25) is 0 Å². The third-order valence-corrected chi connectivity index (χ3v) is 3.40. The zero-order valence-electron chi connectivity index (χ0n) is 15.7. The third-order valence-electron chi connectivity index (χ3n) is 3.40. The van der Waals surface area contributed by atoms with Crippen molar-refractivity contribution in [1.82, 2.24) is 0 Å². The van der Waals surface area contributed by atoms with Gasteiger partial charge >= 0.3 is 17.9 Å². The lowest BCUT2D eigenvalue weighted by Crippen LogP contribution is -2.14. The summed E-state index contributed by atoms with van der Waals surface area (Å²) in [7, 11) is 1.36. The molecule has 0 aromatic heterocycles. The molecule has 0 fully saturated rings. The molecule has 0 aliphatic heterocycles. The SMILES string of the molecule is COc1cc(OC(C)=O)c(C(=O)c2ccccc2OC(C)=O)c(OC(C)=O)c1. The van der Waals surface area contributed by atoms with Crippen molar-refractivity contribution in [3.05, 3.63) is 47.5 Å². The van der Waals surface area contributed by atoms with Crippen molar-refractivity contribution in [1.29, 1.82) is 0 Å². The van der Waals surface area contributed by atoms with Crippen LogP contribution in [0.5, 0.6) is 23.0 Å². The second kappa shape index (κ2) is 8.81. The molecular weight excluding hydrogens is 368 g/mol. The highest BCUT2D eigenvalue weighted by atomic mass is 16.6. The van der Waals surface area contributed by atoms with Gasteiger partial charge in [-0.2, -0.15) is 0 Å². The first-order valence-electron chi connectivity index (χ1n) is 8.14. The number of hydrogen-bond donors (Lipinski definition) is 0. The maximum atomic E-state index is 13.2. The first-order chi connectivity index (χ1) is 13.2. The Morgan fingerprint density at radius 2 is 1.18 bits per heavy atom. The van der Waals surface area contributed by atoms with Crippen LogP contribution in [0.4, 0.5) is 0 Å². The molecule has 2 rings (SSSR count). The van der Waals surface area contributed by atoms with Gasteiger partial charge in [-0.1, -0.05) is 12.1 Å². The maximum absolute atomic E-state index is 13.2. The van der Waals surface area contributed by atoms with Crippen molar-refractivity contribution < 1.29 is 38.1 Å². The van der Waals surface area contributed by atoms with E-state index in [1.54, 1.807) is 12.1 Å². The maximum Gasteiger partial charge on any atom is 0.308 e. The molecule has 0 N–H and O–H groups in total. The van der Waals surface area contributed by atoms with Crippen LogP contribution in [0, 0.1) is 0 Å². The summed E-state index contributed by atoms with van der Waals surface area (Å²) < 4.78 is 20.5. The molecular formula is C20H18O8. The summed E-state index contributed by atoms with van der Waals surface area (Å²) in [5.41, 5.74) is -0.171. The van der Waals surface area contributed by atoms with Gasteiger partial charge in [-0.3, -0.25) is 19.2 Å². The lowest BCUT2D eigenvalue weighted by Gasteiger charge is -2.16. The Morgan fingerprint density at radius 3 is 1.64 bits per heavy atom. The molecule has 0 aliphatic carbocycles. The number of benzene rings is 2. The van der Waals surface area contributed by atoms with E-state index in [0.717, 1.165) is 13.8 Å². The lowest BCUT2D eigenvalue weighted by atomic mass is 10.00. The van der Waals surface area contributed by atoms with Gasteiger partial charge in [0, 0.05) is 32.9 Å². The van der Waals surface area contributed by atoms with Crippen LogP contribution >= 0.6 is 0 Å². The van der Waals surface area contributed by atoms with Crippen LogP contribution in [-0.4, -0.2) is 30.8 Å². The van der Waals surface area contributed by atoms with Crippen molar-refractivity contribution >= 4 is 23.7 Å². The molecule has 0 saturated carbocycles. The summed E-state index contributed by atoms with van der Waals surface area (Å²) in [5.74, 6) is -2.77. The van der Waals surface area contributed by atoms with Crippen LogP contribution in [0.15, 0.2) is 36.4 Å². The molecule has 8 nitrogen and oxygen atoms in total. The Bertz CT molecular complexity index is 908. The number of esters is 3. The summed E-state index contributed by atoms with van der Waals surface area (Å²) in [5, 5.41) is 0. The van der Waals surface area contributed by atoms with Gasteiger partial charge in [0.1, 0.15) is 28.6 Å². The van der Waals surface area contributed by atoms with Crippen molar-refractivity contribution in [2.75, 3.05) is 7.11 Å². The number of para-hydroxylation sites is 1. The highest BCUT2D eigenvalue weighted by Gasteiger charge is 2.26. The number of rotatable bonds is 6. The number of carbonyl (C=O) groups excluding carboxylic acids is 4. The fourth-order valence-corrected chi connectivity index (χ4v) is 2.41. The Hall–Kier alpha value is -3.68. The fourth-order valence-electron chi connectivity index (χ4n) is 2.41. The average molecular weight is 386 g/mol. The molecule has 146 valence electrons. The predicted molar refractivity (Wildman–Crippen MR) is 96.8 cm³/mol. The van der Waals surface area contributed by atoms with Crippen LogP contribution in [-0.2, 0) is 14.4 Å². The van der Waals surface area contributed by atoms with E-state index in [4.69, 9.17) is 18.9 Å². The van der Waals surface area contributed by atoms with Gasteiger partial charge in [-0.15, -0.1) is 0 Å². The predicted octanol–water partition coefficient (Wildman–Crippen LogP) is 2.70. The van der Waals surface area contributed by atoms with Crippen LogP contribution in [0.1, 0.15) is 36.7 Å². The second-order valence-electron chi connectivity index (χ2n) is 5.60. The van der Waals surface area contributed by atoms with Crippen molar-refractivity contribution in [2.45, 2.75) is 20.8 Å². The van der Waals surface area contributed by atoms with Gasteiger partial charge in [0.25, 0.3) is 0 Å². The van der Waals surface area contributed by atoms with E-state index in [-0.39, 0.29) is 34.1 Å². The van der Waals surface area contributed by atoms with E-state index in [1.165, 1.54) is 38.3 Å². The minimum Gasteiger partial charge on any atom is -0.496 e. The minimum absolute atomic E-state index is 0.0124. The van der Waals surface area contributed by atoms with Crippen LogP contribution < -0.4 is 18.9 Å². The summed E-state index contributed by atoms with van der Waals surface area (Å²) in [6.07, 6.45) is 0. The van der Waals surface area contributed by atoms with Gasteiger partial charge < -0.3 is 18.9 Å². The van der Waals surface area contributed by atoms with E-state index in [9.17, 15) is 19.2 Å². The van der Waals surface area contributed by atoms with Crippen LogP contribution in [0.25, 0.3) is 0 Å². The summed E-state index contributed by atoms with van der Waals surface area (Å²) >= 11 is 0. The topological polar surface area (TPSA) is 105 Å². The molecule has 0 spiro atoms. The Kier molecular flexibility index (Phi) is 6.49. The smallest absolute Gasteiger partial charge is 0.308 e. The van der Waals surface area contributed by atoms with E-state index in [2.05, 4.69) is 0 Å². The molecule has 0 bridgehead atoms. The zero-order chi connectivity index (χ0) is 20.8. The van der Waals surface area contributed by atoms with Crippen molar-refractivity contribution in [2.24, 2.45) is 0 Å². The molecule has 28 heavy (non-hydrogen) atoms. The van der Waals surface area contributed by atoms with Crippen molar-refractivity contribution in [3.8, 4) is 23.0 Å². The number of hydrogen-bond acceptors (Lipinski definition) is 8. The highest BCUT2D eigenvalue weighted by Crippen LogP contribution is 2.37. The molecule has 0 heterocycles. The molecule has 0 radical (unpaired) electrons. The normalized spacial score (nSPS) is 10.0. The minimum atomic E-state index is -0.690. The van der Waals surface area contributed by atoms with Gasteiger partial charge in [-0.05, 0) is 12.1 Å². The Balaban J connectivity index is 2.71. The number of ether oxygens (including phenoxy) is 4. The molecule has 0 unspecified atom stereocenters. The summed E-state index contributed by atoms with van der Waals surface area (Å²) in [6.45, 7) is 3.52. The van der Waals surface area contributed by atoms with Gasteiger partial charge in [0.05, 0.1) is 12.7 Å². The highest BCUT2D eigenvalue weighted by molar-refractivity contribution is 6.15. The largest absolute Gasteiger partial charge is 0.496 e. The number of carbonyl (C=O) groups is 4. The first kappa shape index (κ1) is 20.6. The molecule has 2 aromatic rings. The fraction of sp³-hybridized carbons (Fsp3) is 0.200. The molecule has 0 aliphatic rings.